The van der Waals surface area contributed by atoms with Gasteiger partial charge in [0.25, 0.3) is 5.91 Å². The first-order valence-corrected chi connectivity index (χ1v) is 7.18. The first-order chi connectivity index (χ1) is 10.1. The van der Waals surface area contributed by atoms with Crippen LogP contribution in [0, 0.1) is 12.3 Å². The summed E-state index contributed by atoms with van der Waals surface area (Å²) >= 11 is 1.44. The van der Waals surface area contributed by atoms with Crippen LogP contribution >= 0.6 is 11.3 Å². The lowest BCUT2D eigenvalue weighted by Gasteiger charge is -2.16. The zero-order valence-corrected chi connectivity index (χ0v) is 12.3. The fourth-order valence-corrected chi connectivity index (χ4v) is 2.41. The lowest BCUT2D eigenvalue weighted by molar-refractivity contribution is -0.116. The highest BCUT2D eigenvalue weighted by molar-refractivity contribution is 7.08. The van der Waals surface area contributed by atoms with Gasteiger partial charge in [-0.1, -0.05) is 12.0 Å². The molecule has 0 spiro atoms. The third kappa shape index (κ3) is 3.94. The molecule has 4 nitrogen and oxygen atoms in total. The van der Waals surface area contributed by atoms with E-state index in [1.165, 1.54) is 16.2 Å². The van der Waals surface area contributed by atoms with Crippen LogP contribution in [-0.4, -0.2) is 30.3 Å². The van der Waals surface area contributed by atoms with Crippen molar-refractivity contribution in [3.05, 3.63) is 52.2 Å². The highest BCUT2D eigenvalue weighted by atomic mass is 32.1. The summed E-state index contributed by atoms with van der Waals surface area (Å²) in [5.41, 5.74) is 1.90. The summed E-state index contributed by atoms with van der Waals surface area (Å²) in [7, 11) is 1.59. The number of likely N-dealkylation sites (N-methyl/N-ethyl adjacent to an activating group) is 1. The minimum Gasteiger partial charge on any atom is -0.332 e. The Bertz CT molecular complexity index is 687. The molecule has 1 heterocycles. The van der Waals surface area contributed by atoms with Crippen LogP contribution in [0.25, 0.3) is 0 Å². The maximum atomic E-state index is 12.0. The van der Waals surface area contributed by atoms with Crippen molar-refractivity contribution >= 4 is 28.8 Å². The van der Waals surface area contributed by atoms with Gasteiger partial charge in [0.05, 0.1) is 12.1 Å². The molecular weight excluding hydrogens is 284 g/mol. The van der Waals surface area contributed by atoms with Crippen LogP contribution in [0.4, 0.5) is 5.69 Å². The minimum absolute atomic E-state index is 0.0189. The topological polar surface area (TPSA) is 49.4 Å². The predicted molar refractivity (Wildman–Crippen MR) is 84.3 cm³/mol. The molecule has 5 heteroatoms. The Kier molecular flexibility index (Phi) is 4.75. The quantitative estimate of drug-likeness (QED) is 0.881. The second-order valence-electron chi connectivity index (χ2n) is 4.45. The minimum atomic E-state index is -0.268. The summed E-state index contributed by atoms with van der Waals surface area (Å²) in [6, 6.07) is 8.74. The average Bonchev–Trinajstić information content (AvgIpc) is 3.00. The molecule has 0 aliphatic rings. The number of hydrogen-bond acceptors (Lipinski definition) is 3. The molecule has 2 aromatic rings. The van der Waals surface area contributed by atoms with Crippen molar-refractivity contribution in [2.24, 2.45) is 0 Å². The highest BCUT2D eigenvalue weighted by Gasteiger charge is 2.15. The van der Waals surface area contributed by atoms with Crippen molar-refractivity contribution in [2.45, 2.75) is 0 Å². The van der Waals surface area contributed by atoms with Crippen molar-refractivity contribution in [3.8, 4) is 12.3 Å². The number of nitrogens with one attached hydrogen (secondary N) is 1. The summed E-state index contributed by atoms with van der Waals surface area (Å²) in [5, 5.41) is 6.30. The Balaban J connectivity index is 1.95. The lowest BCUT2D eigenvalue weighted by atomic mass is 10.2. The number of carbonyl (C=O) groups is 2. The van der Waals surface area contributed by atoms with E-state index in [0.29, 0.717) is 16.8 Å². The number of nitrogens with zero attached hydrogens (tertiary/aromatic N) is 1. The van der Waals surface area contributed by atoms with E-state index in [9.17, 15) is 9.59 Å². The predicted octanol–water partition coefficient (Wildman–Crippen LogP) is 2.44. The van der Waals surface area contributed by atoms with Crippen molar-refractivity contribution in [3.63, 3.8) is 0 Å². The Morgan fingerprint density at radius 3 is 2.86 bits per heavy atom. The molecule has 0 aliphatic heterocycles. The van der Waals surface area contributed by atoms with Crippen molar-refractivity contribution in [2.75, 3.05) is 18.9 Å². The van der Waals surface area contributed by atoms with Gasteiger partial charge in [0.15, 0.2) is 0 Å². The number of amides is 2. The van der Waals surface area contributed by atoms with Crippen molar-refractivity contribution in [1.29, 1.82) is 0 Å². The smallest absolute Gasteiger partial charge is 0.254 e. The molecule has 0 saturated heterocycles. The molecule has 106 valence electrons. The largest absolute Gasteiger partial charge is 0.332 e. The maximum Gasteiger partial charge on any atom is 0.254 e. The Morgan fingerprint density at radius 1 is 1.38 bits per heavy atom. The number of benzene rings is 1. The third-order valence-electron chi connectivity index (χ3n) is 2.81. The maximum absolute atomic E-state index is 12.0. The lowest BCUT2D eigenvalue weighted by Crippen LogP contribution is -2.34. The zero-order chi connectivity index (χ0) is 15.2. The van der Waals surface area contributed by atoms with Crippen LogP contribution in [-0.2, 0) is 4.79 Å². The van der Waals surface area contributed by atoms with Gasteiger partial charge < -0.3 is 10.2 Å². The molecule has 0 radical (unpaired) electrons. The summed E-state index contributed by atoms with van der Waals surface area (Å²) in [6.45, 7) is -0.0189. The van der Waals surface area contributed by atoms with E-state index < -0.39 is 0 Å². The summed E-state index contributed by atoms with van der Waals surface area (Å²) in [5.74, 6) is 2.06. The van der Waals surface area contributed by atoms with Crippen molar-refractivity contribution in [1.82, 2.24) is 4.90 Å². The molecule has 0 atom stereocenters. The van der Waals surface area contributed by atoms with Crippen LogP contribution < -0.4 is 5.32 Å². The number of anilines is 1. The van der Waals surface area contributed by atoms with E-state index in [1.54, 1.807) is 42.8 Å². The van der Waals surface area contributed by atoms with E-state index in [0.717, 1.165) is 0 Å². The average molecular weight is 298 g/mol. The molecule has 1 aromatic heterocycles. The van der Waals surface area contributed by atoms with Crippen LogP contribution in [0.1, 0.15) is 15.9 Å². The van der Waals surface area contributed by atoms with E-state index in [2.05, 4.69) is 11.2 Å². The fourth-order valence-electron chi connectivity index (χ4n) is 1.78. The summed E-state index contributed by atoms with van der Waals surface area (Å²) in [6.07, 6.45) is 5.31. The van der Waals surface area contributed by atoms with Crippen molar-refractivity contribution < 1.29 is 9.59 Å². The van der Waals surface area contributed by atoms with Gasteiger partial charge >= 0.3 is 0 Å². The number of rotatable bonds is 4. The standard InChI is InChI=1S/C16H14N2O2S/c1-3-12-5-4-6-14(9-12)17-15(19)10-18(2)16(20)13-7-8-21-11-13/h1,4-9,11H,10H2,2H3,(H,17,19). The van der Waals surface area contributed by atoms with Gasteiger partial charge in [-0.25, -0.2) is 0 Å². The van der Waals surface area contributed by atoms with Gasteiger partial charge in [-0.2, -0.15) is 11.3 Å². The van der Waals surface area contributed by atoms with Gasteiger partial charge in [0.2, 0.25) is 5.91 Å². The normalized spacial score (nSPS) is 9.71. The Morgan fingerprint density at radius 2 is 2.19 bits per heavy atom. The van der Waals surface area contributed by atoms with Gasteiger partial charge in [0.1, 0.15) is 0 Å². The Labute approximate surface area is 127 Å². The molecule has 0 unspecified atom stereocenters. The number of terminal acetylenes is 1. The number of carbonyl (C=O) groups excluding carboxylic acids is 2. The van der Waals surface area contributed by atoms with E-state index in [4.69, 9.17) is 6.42 Å². The first-order valence-electron chi connectivity index (χ1n) is 6.24. The Hall–Kier alpha value is -2.58. The molecule has 21 heavy (non-hydrogen) atoms. The fraction of sp³-hybridized carbons (Fsp3) is 0.125. The monoisotopic (exact) mass is 298 g/mol. The second kappa shape index (κ2) is 6.73. The molecule has 0 fully saturated rings. The molecule has 1 N–H and O–H groups in total. The van der Waals surface area contributed by atoms with E-state index >= 15 is 0 Å². The van der Waals surface area contributed by atoms with Crippen LogP contribution in [0.2, 0.25) is 0 Å². The van der Waals surface area contributed by atoms with Gasteiger partial charge in [-0.15, -0.1) is 6.42 Å². The van der Waals surface area contributed by atoms with E-state index in [1.807, 2.05) is 5.38 Å². The zero-order valence-electron chi connectivity index (χ0n) is 11.5. The molecule has 2 rings (SSSR count). The molecule has 0 bridgehead atoms. The number of thiophene rings is 1. The van der Waals surface area contributed by atoms with E-state index in [-0.39, 0.29) is 18.4 Å². The van der Waals surface area contributed by atoms with Gasteiger partial charge in [-0.05, 0) is 29.6 Å². The van der Waals surface area contributed by atoms with Crippen LogP contribution in [0.3, 0.4) is 0 Å². The third-order valence-corrected chi connectivity index (χ3v) is 3.49. The number of hydrogen-bond donors (Lipinski definition) is 1. The summed E-state index contributed by atoms with van der Waals surface area (Å²) < 4.78 is 0. The van der Waals surface area contributed by atoms with Crippen LogP contribution in [0.5, 0.6) is 0 Å². The molecule has 2 amide bonds. The van der Waals surface area contributed by atoms with Gasteiger partial charge in [-0.3, -0.25) is 9.59 Å². The first kappa shape index (κ1) is 14.8. The molecule has 0 aliphatic carbocycles. The molecule has 1 aromatic carbocycles. The van der Waals surface area contributed by atoms with Gasteiger partial charge in [0, 0.05) is 23.7 Å². The van der Waals surface area contributed by atoms with Crippen LogP contribution in [0.15, 0.2) is 41.1 Å². The molecular formula is C16H14N2O2S. The molecule has 0 saturated carbocycles. The summed E-state index contributed by atoms with van der Waals surface area (Å²) in [4.78, 5) is 25.3. The second-order valence-corrected chi connectivity index (χ2v) is 5.23. The highest BCUT2D eigenvalue weighted by Crippen LogP contribution is 2.11. The SMILES string of the molecule is C#Cc1cccc(NC(=O)CN(C)C(=O)c2ccsc2)c1.